The van der Waals surface area contributed by atoms with E-state index in [9.17, 15) is 0 Å². The lowest BCUT2D eigenvalue weighted by molar-refractivity contribution is 0.670. The van der Waals surface area contributed by atoms with Gasteiger partial charge in [0.15, 0.2) is 0 Å². The maximum atomic E-state index is 6.82. The lowest BCUT2D eigenvalue weighted by Gasteiger charge is -2.35. The molecule has 1 aliphatic carbocycles. The molecule has 3 heteroatoms. The van der Waals surface area contributed by atoms with Gasteiger partial charge in [-0.1, -0.05) is 170 Å². The molecule has 0 N–H and O–H groups in total. The van der Waals surface area contributed by atoms with Crippen LogP contribution in [0.1, 0.15) is 6.42 Å². The van der Waals surface area contributed by atoms with Crippen molar-refractivity contribution in [3.05, 3.63) is 224 Å². The van der Waals surface area contributed by atoms with Crippen molar-refractivity contribution in [3.63, 3.8) is 0 Å². The number of aromatic nitrogens is 1. The van der Waals surface area contributed by atoms with Crippen LogP contribution in [0.25, 0.3) is 93.6 Å². The zero-order valence-corrected chi connectivity index (χ0v) is 33.4. The smallest absolute Gasteiger partial charge is 0.143 e. The highest BCUT2D eigenvalue weighted by molar-refractivity contribution is 6.14. The number of furan rings is 1. The van der Waals surface area contributed by atoms with E-state index in [1.165, 1.54) is 60.5 Å². The molecule has 0 spiro atoms. The molecule has 0 saturated heterocycles. The number of para-hydroxylation sites is 4. The molecule has 288 valence electrons. The predicted molar refractivity (Wildman–Crippen MR) is 257 cm³/mol. The van der Waals surface area contributed by atoms with E-state index >= 15 is 0 Å². The molecule has 0 saturated carbocycles. The molecule has 0 radical (unpaired) electrons. The molecule has 11 aromatic rings. The Kier molecular flexibility index (Phi) is 8.31. The maximum absolute atomic E-state index is 6.82. The topological polar surface area (TPSA) is 21.3 Å². The first-order valence-corrected chi connectivity index (χ1v) is 21.1. The predicted octanol–water partition coefficient (Wildman–Crippen LogP) is 15.9. The minimum atomic E-state index is 0.0467. The van der Waals surface area contributed by atoms with Crippen molar-refractivity contribution in [2.75, 3.05) is 4.90 Å². The lowest BCUT2D eigenvalue weighted by atomic mass is 9.96. The summed E-state index contributed by atoms with van der Waals surface area (Å²) in [6, 6.07) is 74.4. The second kappa shape index (κ2) is 14.4. The molecule has 0 fully saturated rings. The first-order valence-electron chi connectivity index (χ1n) is 21.1. The van der Waals surface area contributed by atoms with Crippen molar-refractivity contribution in [2.24, 2.45) is 0 Å². The SMILES string of the molecule is C1=CC(N(c2ccc(-c3cccc(-c4ccccc4)c3)cc2)c2ccccc2-c2cccc3c2oc2cc4ccccc4cc23)CC=C1n1c2ccccc2c2ccccc21. The summed E-state index contributed by atoms with van der Waals surface area (Å²) in [6.07, 6.45) is 7.94. The Bertz CT molecular complexity index is 3460. The lowest BCUT2D eigenvalue weighted by Crippen LogP contribution is -2.30. The minimum Gasteiger partial charge on any atom is -0.455 e. The van der Waals surface area contributed by atoms with Gasteiger partial charge in [0.25, 0.3) is 0 Å². The summed E-state index contributed by atoms with van der Waals surface area (Å²) >= 11 is 0. The highest BCUT2D eigenvalue weighted by atomic mass is 16.3. The van der Waals surface area contributed by atoms with Gasteiger partial charge in [0.2, 0.25) is 0 Å². The van der Waals surface area contributed by atoms with Crippen LogP contribution >= 0.6 is 0 Å². The summed E-state index contributed by atoms with van der Waals surface area (Å²) in [5.74, 6) is 0. The number of rotatable bonds is 7. The summed E-state index contributed by atoms with van der Waals surface area (Å²) in [5.41, 5.74) is 14.7. The number of hydrogen-bond donors (Lipinski definition) is 0. The molecular weight excluding hydrogens is 741 g/mol. The van der Waals surface area contributed by atoms with Crippen LogP contribution in [0.2, 0.25) is 0 Å². The fourth-order valence-corrected chi connectivity index (χ4v) is 9.60. The Morgan fingerprint density at radius 3 is 1.79 bits per heavy atom. The van der Waals surface area contributed by atoms with Gasteiger partial charge >= 0.3 is 0 Å². The number of anilines is 2. The van der Waals surface area contributed by atoms with Gasteiger partial charge in [-0.2, -0.15) is 0 Å². The second-order valence-corrected chi connectivity index (χ2v) is 16.0. The van der Waals surface area contributed by atoms with Gasteiger partial charge in [0.05, 0.1) is 17.1 Å². The molecule has 2 aromatic heterocycles. The van der Waals surface area contributed by atoms with E-state index in [1.807, 2.05) is 0 Å². The van der Waals surface area contributed by atoms with Crippen molar-refractivity contribution in [3.8, 4) is 33.4 Å². The van der Waals surface area contributed by atoms with Crippen molar-refractivity contribution in [2.45, 2.75) is 12.5 Å². The summed E-state index contributed by atoms with van der Waals surface area (Å²) in [7, 11) is 0. The molecule has 1 aliphatic rings. The van der Waals surface area contributed by atoms with E-state index < -0.39 is 0 Å². The Morgan fingerprint density at radius 2 is 1.05 bits per heavy atom. The molecule has 0 aliphatic heterocycles. The van der Waals surface area contributed by atoms with E-state index in [0.717, 1.165) is 50.9 Å². The standard InChI is InChI=1S/C58H40N2O/c1-2-14-39(15-3-1)41-18-12-19-42(36-41)40-28-30-45(31-29-40)59(46-32-34-47(35-33-46)60-55-26-10-6-20-48(55)49-21-7-11-27-56(49)60)54-25-9-8-22-50(54)51-23-13-24-52-53-37-43-16-4-5-17-44(43)38-57(53)61-58(51)52/h1-32,34-38,46H,33H2. The molecule has 0 amide bonds. The zero-order chi connectivity index (χ0) is 40.3. The Labute approximate surface area is 354 Å². The first kappa shape index (κ1) is 35.1. The molecule has 1 unspecified atom stereocenters. The van der Waals surface area contributed by atoms with E-state index in [-0.39, 0.29) is 6.04 Å². The average Bonchev–Trinajstić information content (AvgIpc) is 3.87. The van der Waals surface area contributed by atoms with E-state index in [2.05, 4.69) is 234 Å². The van der Waals surface area contributed by atoms with Gasteiger partial charge in [-0.3, -0.25) is 0 Å². The number of fused-ring (bicyclic) bond motifs is 7. The number of allylic oxidation sites excluding steroid dienone is 2. The van der Waals surface area contributed by atoms with E-state index in [1.54, 1.807) is 0 Å². The van der Waals surface area contributed by atoms with Crippen molar-refractivity contribution >= 4 is 71.6 Å². The highest BCUT2D eigenvalue weighted by Gasteiger charge is 2.26. The van der Waals surface area contributed by atoms with Crippen molar-refractivity contribution in [1.29, 1.82) is 0 Å². The molecule has 2 heterocycles. The monoisotopic (exact) mass is 780 g/mol. The average molecular weight is 781 g/mol. The number of hydrogen-bond acceptors (Lipinski definition) is 2. The molecule has 61 heavy (non-hydrogen) atoms. The van der Waals surface area contributed by atoms with Crippen molar-refractivity contribution in [1.82, 2.24) is 4.57 Å². The molecule has 12 rings (SSSR count). The van der Waals surface area contributed by atoms with Gasteiger partial charge < -0.3 is 13.9 Å². The van der Waals surface area contributed by atoms with Crippen LogP contribution in [0.4, 0.5) is 11.4 Å². The van der Waals surface area contributed by atoms with Gasteiger partial charge in [-0.05, 0) is 94.1 Å². The third-order valence-corrected chi connectivity index (χ3v) is 12.5. The van der Waals surface area contributed by atoms with Gasteiger partial charge in [-0.25, -0.2) is 0 Å². The quantitative estimate of drug-likeness (QED) is 0.161. The van der Waals surface area contributed by atoms with Crippen LogP contribution in [0, 0.1) is 0 Å². The van der Waals surface area contributed by atoms with Crippen LogP contribution in [0.5, 0.6) is 0 Å². The normalized spacial score (nSPS) is 14.0. The number of benzene rings is 9. The summed E-state index contributed by atoms with van der Waals surface area (Å²) in [4.78, 5) is 2.52. The minimum absolute atomic E-state index is 0.0467. The Morgan fingerprint density at radius 1 is 0.459 bits per heavy atom. The van der Waals surface area contributed by atoms with Crippen molar-refractivity contribution < 1.29 is 4.42 Å². The summed E-state index contributed by atoms with van der Waals surface area (Å²) in [6.45, 7) is 0. The second-order valence-electron chi connectivity index (χ2n) is 16.0. The van der Waals surface area contributed by atoms with E-state index in [0.29, 0.717) is 0 Å². The van der Waals surface area contributed by atoms with Gasteiger partial charge in [0, 0.05) is 49.7 Å². The molecule has 9 aromatic carbocycles. The zero-order valence-electron chi connectivity index (χ0n) is 33.4. The summed E-state index contributed by atoms with van der Waals surface area (Å²) < 4.78 is 9.24. The molecule has 1 atom stereocenters. The van der Waals surface area contributed by atoms with E-state index in [4.69, 9.17) is 4.42 Å². The van der Waals surface area contributed by atoms with Crippen LogP contribution in [0.15, 0.2) is 229 Å². The van der Waals surface area contributed by atoms with Crippen LogP contribution in [0.3, 0.4) is 0 Å². The summed E-state index contributed by atoms with van der Waals surface area (Å²) in [5, 5.41) is 7.18. The maximum Gasteiger partial charge on any atom is 0.143 e. The molecular formula is C58H40N2O. The van der Waals surface area contributed by atoms with Gasteiger partial charge in [-0.15, -0.1) is 0 Å². The molecule has 0 bridgehead atoms. The Hall–Kier alpha value is -7.88. The van der Waals surface area contributed by atoms with Crippen LogP contribution in [-0.2, 0) is 0 Å². The number of nitrogens with zero attached hydrogens (tertiary/aromatic N) is 2. The Balaban J connectivity index is 0.985. The van der Waals surface area contributed by atoms with Crippen LogP contribution < -0.4 is 4.90 Å². The highest BCUT2D eigenvalue weighted by Crippen LogP contribution is 2.44. The fraction of sp³-hybridized carbons (Fsp3) is 0.0345. The fourth-order valence-electron chi connectivity index (χ4n) is 9.60. The van der Waals surface area contributed by atoms with Crippen LogP contribution in [-0.4, -0.2) is 10.6 Å². The molecule has 3 nitrogen and oxygen atoms in total. The third-order valence-electron chi connectivity index (χ3n) is 12.5. The largest absolute Gasteiger partial charge is 0.455 e. The first-order chi connectivity index (χ1) is 30.2. The third kappa shape index (κ3) is 5.97. The van der Waals surface area contributed by atoms with Gasteiger partial charge in [0.1, 0.15) is 11.2 Å².